The number of rotatable bonds is 12. The van der Waals surface area contributed by atoms with Crippen molar-refractivity contribution in [3.8, 4) is 45.0 Å². The number of esters is 1. The fourth-order valence-corrected chi connectivity index (χ4v) is 13.1. The fraction of sp³-hybridized carbons (Fsp3) is 0.279. The third-order valence-corrected chi connectivity index (χ3v) is 17.9. The van der Waals surface area contributed by atoms with Crippen LogP contribution in [-0.4, -0.2) is 137 Å². The predicted molar refractivity (Wildman–Crippen MR) is 334 cm³/mol. The Bertz CT molecular complexity index is 4210. The number of piperazine rings is 2. The van der Waals surface area contributed by atoms with E-state index in [2.05, 4.69) is 123 Å². The van der Waals surface area contributed by atoms with Crippen molar-refractivity contribution in [3.05, 3.63) is 188 Å². The second kappa shape index (κ2) is 23.1. The summed E-state index contributed by atoms with van der Waals surface area (Å²) in [4.78, 5) is 50.8. The Balaban J connectivity index is 0.000000151. The number of nitrogens with two attached hydrogens (primary N) is 2. The van der Waals surface area contributed by atoms with Crippen molar-refractivity contribution in [2.45, 2.75) is 56.5 Å². The van der Waals surface area contributed by atoms with Gasteiger partial charge in [0.1, 0.15) is 51.5 Å². The molecule has 428 valence electrons. The third-order valence-electron chi connectivity index (χ3n) is 17.9. The largest absolute Gasteiger partial charge is 0.465 e. The second-order valence-electron chi connectivity index (χ2n) is 22.9. The van der Waals surface area contributed by atoms with Crippen molar-refractivity contribution in [3.63, 3.8) is 0 Å². The molecule has 2 aliphatic heterocycles. The summed E-state index contributed by atoms with van der Waals surface area (Å²) in [6.07, 6.45) is 11.7. The molecule has 85 heavy (non-hydrogen) atoms. The van der Waals surface area contributed by atoms with E-state index in [1.807, 2.05) is 67.8 Å². The third kappa shape index (κ3) is 10.8. The minimum absolute atomic E-state index is 0.135. The summed E-state index contributed by atoms with van der Waals surface area (Å²) >= 11 is 0. The number of hydrogen-bond acceptors (Lipinski definition) is 14. The molecule has 8 heterocycles. The first-order valence-electron chi connectivity index (χ1n) is 29.7. The van der Waals surface area contributed by atoms with Crippen LogP contribution in [0.1, 0.15) is 56.1 Å². The minimum atomic E-state index is -0.190. The molecular formula is C68H67FN14O2. The fourth-order valence-electron chi connectivity index (χ4n) is 13.1. The first-order valence-corrected chi connectivity index (χ1v) is 29.7. The molecule has 15 rings (SSSR count). The van der Waals surface area contributed by atoms with Gasteiger partial charge in [-0.1, -0.05) is 97.1 Å². The normalized spacial score (nSPS) is 19.4. The maximum atomic E-state index is 13.4. The van der Waals surface area contributed by atoms with E-state index in [1.165, 1.54) is 0 Å². The number of ether oxygens (including phenoxy) is 1. The number of anilines is 3. The predicted octanol–water partition coefficient (Wildman–Crippen LogP) is 11.0. The number of aromatic nitrogens is 8. The zero-order valence-electron chi connectivity index (χ0n) is 47.6. The van der Waals surface area contributed by atoms with Crippen molar-refractivity contribution in [2.24, 2.45) is 0 Å². The van der Waals surface area contributed by atoms with E-state index in [0.29, 0.717) is 48.7 Å². The Morgan fingerprint density at radius 3 is 1.47 bits per heavy atom. The Labute approximate surface area is 492 Å². The van der Waals surface area contributed by atoms with E-state index in [-0.39, 0.29) is 11.8 Å². The molecule has 4 fully saturated rings. The van der Waals surface area contributed by atoms with E-state index in [4.69, 9.17) is 36.1 Å². The molecular weight excluding hydrogens is 1060 g/mol. The average molecular weight is 1130 g/mol. The van der Waals surface area contributed by atoms with Crippen molar-refractivity contribution in [2.75, 3.05) is 81.9 Å². The maximum Gasteiger partial charge on any atom is 0.320 e. The Kier molecular flexibility index (Phi) is 14.6. The van der Waals surface area contributed by atoms with Crippen LogP contribution < -0.4 is 16.4 Å². The van der Waals surface area contributed by atoms with Gasteiger partial charge in [-0.05, 0) is 81.1 Å². The Morgan fingerprint density at radius 1 is 0.541 bits per heavy atom. The Hall–Kier alpha value is -9.16. The van der Waals surface area contributed by atoms with Crippen molar-refractivity contribution in [1.82, 2.24) is 53.4 Å². The van der Waals surface area contributed by atoms with Gasteiger partial charge in [0.2, 0.25) is 0 Å². The molecule has 4 N–H and O–H groups in total. The van der Waals surface area contributed by atoms with E-state index in [9.17, 15) is 9.18 Å². The lowest BCUT2D eigenvalue weighted by molar-refractivity contribution is -0.145. The molecule has 5 aromatic carbocycles. The van der Waals surface area contributed by atoms with Gasteiger partial charge in [0.25, 0.3) is 0 Å². The molecule has 0 bridgehead atoms. The van der Waals surface area contributed by atoms with Crippen LogP contribution in [0.4, 0.5) is 21.7 Å². The molecule has 11 aromatic rings. The number of fused-ring (bicyclic) bond motifs is 4. The van der Waals surface area contributed by atoms with Gasteiger partial charge >= 0.3 is 5.97 Å². The molecule has 0 spiro atoms. The topological polar surface area (TPSA) is 177 Å². The number of hydrogen-bond donors (Lipinski definition) is 2. The smallest absolute Gasteiger partial charge is 0.320 e. The summed E-state index contributed by atoms with van der Waals surface area (Å²) in [5, 5.41) is 2.16. The van der Waals surface area contributed by atoms with Crippen LogP contribution in [0.2, 0.25) is 0 Å². The number of carbonyl (C=O) groups excluding carboxylic acids is 1. The van der Waals surface area contributed by atoms with Crippen molar-refractivity contribution in [1.29, 1.82) is 0 Å². The first-order chi connectivity index (χ1) is 41.7. The van der Waals surface area contributed by atoms with Crippen molar-refractivity contribution < 1.29 is 13.9 Å². The molecule has 0 radical (unpaired) electrons. The van der Waals surface area contributed by atoms with Crippen LogP contribution in [0.25, 0.3) is 77.9 Å². The highest BCUT2D eigenvalue weighted by Crippen LogP contribution is 2.44. The lowest BCUT2D eigenvalue weighted by Crippen LogP contribution is -2.54. The van der Waals surface area contributed by atoms with Crippen LogP contribution >= 0.6 is 0 Å². The molecule has 0 unspecified atom stereocenters. The van der Waals surface area contributed by atoms with Gasteiger partial charge in [-0.2, -0.15) is 0 Å². The number of benzene rings is 5. The summed E-state index contributed by atoms with van der Waals surface area (Å²) in [5.41, 5.74) is 25.3. The van der Waals surface area contributed by atoms with Gasteiger partial charge in [-0.15, -0.1) is 0 Å². The summed E-state index contributed by atoms with van der Waals surface area (Å²) in [6, 6.07) is 49.4. The molecule has 2 saturated carbocycles. The van der Waals surface area contributed by atoms with E-state index >= 15 is 0 Å². The van der Waals surface area contributed by atoms with Crippen LogP contribution in [0, 0.1) is 5.82 Å². The van der Waals surface area contributed by atoms with Gasteiger partial charge in [0.05, 0.1) is 35.6 Å². The zero-order chi connectivity index (χ0) is 57.5. The van der Waals surface area contributed by atoms with Gasteiger partial charge in [-0.3, -0.25) is 28.3 Å². The van der Waals surface area contributed by atoms with Crippen molar-refractivity contribution >= 4 is 56.1 Å². The number of nitrogens with zero attached hydrogens (tertiary/aromatic N) is 12. The molecule has 17 heteroatoms. The summed E-state index contributed by atoms with van der Waals surface area (Å²) in [5.74, 6) is 3.42. The molecule has 16 nitrogen and oxygen atoms in total. The molecule has 2 aliphatic carbocycles. The van der Waals surface area contributed by atoms with Gasteiger partial charge < -0.3 is 21.1 Å². The number of imidazole rings is 2. The highest BCUT2D eigenvalue weighted by molar-refractivity contribution is 5.93. The number of carbonyl (C=O) groups is 1. The molecule has 4 aliphatic rings. The lowest BCUT2D eigenvalue weighted by Gasteiger charge is -2.46. The number of halogens is 1. The molecule has 6 aromatic heterocycles. The zero-order valence-corrected chi connectivity index (χ0v) is 47.6. The Morgan fingerprint density at radius 2 is 1.00 bits per heavy atom. The van der Waals surface area contributed by atoms with E-state index in [0.717, 1.165) is 173 Å². The summed E-state index contributed by atoms with van der Waals surface area (Å²) in [7, 11) is 0. The average Bonchev–Trinajstić information content (AvgIpc) is 2.65. The van der Waals surface area contributed by atoms with Crippen LogP contribution in [0.3, 0.4) is 0 Å². The quantitative estimate of drug-likeness (QED) is 0.110. The molecule has 0 atom stereocenters. The molecule has 0 amide bonds. The number of nitrogen functional groups attached to an aromatic ring is 2. The number of pyridine rings is 2. The maximum absolute atomic E-state index is 13.4. The lowest BCUT2D eigenvalue weighted by atomic mass is 9.78. The standard InChI is InChI=1S/C35H32FN7.C33H35N7O2/c36-27-9-11-28(12-10-27)41-16-18-42(19-17-41)29-20-26(21-29)35-40-32(33-34(37)38-14-15-43(33)35)25-7-6-24-8-13-30(39-31(24)22-25)23-4-2-1-3-5-23;1-2-42-29(41)21-38-14-16-39(17-15-38)26-18-25(19-26)33-37-30(31-32(34)35-12-13-40(31)33)24-9-8-23-10-11-27(36-28(23)20-24)22-6-4-3-5-7-22/h1-15,22,26,29H,16-21H2,(H2,37,38);3-13,20,25-26H,2,14-19,21H2,1H3,(H2,34,35). The highest BCUT2D eigenvalue weighted by atomic mass is 19.1. The van der Waals surface area contributed by atoms with E-state index in [1.54, 1.807) is 24.5 Å². The van der Waals surface area contributed by atoms with Crippen LogP contribution in [-0.2, 0) is 9.53 Å². The summed E-state index contributed by atoms with van der Waals surface area (Å²) in [6.45, 7) is 10.3. The highest BCUT2D eigenvalue weighted by Gasteiger charge is 2.40. The second-order valence-corrected chi connectivity index (χ2v) is 22.9. The summed E-state index contributed by atoms with van der Waals surface area (Å²) < 4.78 is 22.7. The SMILES string of the molecule is CCOC(=O)CN1CCN(C2CC(c3nc(-c4ccc5ccc(-c6ccccc6)nc5c4)c4c(N)nccn34)C2)CC1.Nc1nccn2c(C3CC(N4CCN(c5ccc(F)cc5)CC4)C3)nc(-c3ccc4ccc(-c5ccccc5)nc4c3)c12. The van der Waals surface area contributed by atoms with Gasteiger partial charge in [0, 0.05) is 140 Å². The van der Waals surface area contributed by atoms with Gasteiger partial charge in [-0.25, -0.2) is 34.3 Å². The van der Waals surface area contributed by atoms with E-state index < -0.39 is 0 Å². The minimum Gasteiger partial charge on any atom is -0.465 e. The first kappa shape index (κ1) is 53.8. The van der Waals surface area contributed by atoms with Crippen LogP contribution in [0.15, 0.2) is 170 Å². The van der Waals surface area contributed by atoms with Crippen LogP contribution in [0.5, 0.6) is 0 Å². The molecule has 2 saturated heterocycles. The van der Waals surface area contributed by atoms with Gasteiger partial charge in [0.15, 0.2) is 0 Å². The monoisotopic (exact) mass is 1130 g/mol.